The molecule has 2 atom stereocenters. The molecule has 0 bridgehead atoms. The molecule has 0 aromatic carbocycles. The minimum absolute atomic E-state index is 0.00565. The highest BCUT2D eigenvalue weighted by Crippen LogP contribution is 2.32. The second-order valence-electron chi connectivity index (χ2n) is 3.09. The van der Waals surface area contributed by atoms with E-state index in [-0.39, 0.29) is 18.3 Å². The zero-order chi connectivity index (χ0) is 10.3. The largest absolute Gasteiger partial charge is 0.481 e. The van der Waals surface area contributed by atoms with Gasteiger partial charge in [-0.25, -0.2) is 0 Å². The molecule has 0 heterocycles. The molecular weight excluding hydrogens is 168 g/mol. The molecule has 1 fully saturated rings. The lowest BCUT2D eigenvalue weighted by atomic mass is 9.94. The topological polar surface area (TPSA) is 54.4 Å². The smallest absolute Gasteiger partial charge is 0.303 e. The van der Waals surface area contributed by atoms with Crippen LogP contribution in [0.1, 0.15) is 39.5 Å². The summed E-state index contributed by atoms with van der Waals surface area (Å²) in [5, 5.41) is 8.47. The van der Waals surface area contributed by atoms with Gasteiger partial charge in [0.15, 0.2) is 0 Å². The number of carbonyl (C=O) groups is 2. The van der Waals surface area contributed by atoms with E-state index in [9.17, 15) is 9.59 Å². The van der Waals surface area contributed by atoms with E-state index in [1.807, 2.05) is 13.8 Å². The van der Waals surface area contributed by atoms with Gasteiger partial charge >= 0.3 is 5.97 Å². The van der Waals surface area contributed by atoms with E-state index in [1.165, 1.54) is 0 Å². The molecular formula is C10H18O3. The number of hydrogen-bond acceptors (Lipinski definition) is 2. The average Bonchev–Trinajstić information content (AvgIpc) is 2.54. The summed E-state index contributed by atoms with van der Waals surface area (Å²) in [7, 11) is 0. The summed E-state index contributed by atoms with van der Waals surface area (Å²) in [5.41, 5.74) is 0. The highest BCUT2D eigenvalue weighted by molar-refractivity contribution is 5.68. The van der Waals surface area contributed by atoms with Crippen LogP contribution >= 0.6 is 0 Å². The van der Waals surface area contributed by atoms with Crippen molar-refractivity contribution in [3.8, 4) is 0 Å². The van der Waals surface area contributed by atoms with E-state index in [0.717, 1.165) is 25.5 Å². The number of carbonyl (C=O) groups excluding carboxylic acids is 1. The van der Waals surface area contributed by atoms with Crippen LogP contribution in [0.25, 0.3) is 0 Å². The first-order valence-electron chi connectivity index (χ1n) is 4.91. The van der Waals surface area contributed by atoms with Gasteiger partial charge in [-0.15, -0.1) is 0 Å². The maximum absolute atomic E-state index is 10.4. The Morgan fingerprint density at radius 3 is 2.54 bits per heavy atom. The van der Waals surface area contributed by atoms with E-state index in [0.29, 0.717) is 0 Å². The summed E-state index contributed by atoms with van der Waals surface area (Å²) in [6.45, 7) is 4.00. The van der Waals surface area contributed by atoms with Crippen LogP contribution in [-0.2, 0) is 9.59 Å². The Balaban J connectivity index is 0.000000671. The minimum atomic E-state index is -0.788. The minimum Gasteiger partial charge on any atom is -0.481 e. The molecule has 0 radical (unpaired) electrons. The second-order valence-corrected chi connectivity index (χ2v) is 3.09. The second kappa shape index (κ2) is 6.63. The van der Waals surface area contributed by atoms with Crippen LogP contribution < -0.4 is 0 Å². The van der Waals surface area contributed by atoms with Crippen molar-refractivity contribution < 1.29 is 14.7 Å². The standard InChI is InChI=1S/C8H12O3.C2H6/c9-5-7-3-1-2-6(7)4-8(10)11;1-2/h5-7H,1-4H2,(H,10,11);1-2H3/t6-,7?;/m1./s1. The maximum atomic E-state index is 10.4. The molecule has 0 spiro atoms. The summed E-state index contributed by atoms with van der Waals surface area (Å²) in [6, 6.07) is 0. The first-order chi connectivity index (χ1) is 6.24. The van der Waals surface area contributed by atoms with Crippen molar-refractivity contribution in [2.75, 3.05) is 0 Å². The highest BCUT2D eigenvalue weighted by atomic mass is 16.4. The Morgan fingerprint density at radius 1 is 1.46 bits per heavy atom. The zero-order valence-electron chi connectivity index (χ0n) is 8.32. The molecule has 0 aromatic heterocycles. The molecule has 13 heavy (non-hydrogen) atoms. The number of aliphatic carboxylic acids is 1. The van der Waals surface area contributed by atoms with Gasteiger partial charge in [-0.1, -0.05) is 20.3 Å². The fraction of sp³-hybridized carbons (Fsp3) is 0.800. The Bertz CT molecular complexity index is 166. The molecule has 3 heteroatoms. The number of carboxylic acid groups (broad SMARTS) is 1. The molecule has 0 amide bonds. The maximum Gasteiger partial charge on any atom is 0.303 e. The quantitative estimate of drug-likeness (QED) is 0.687. The highest BCUT2D eigenvalue weighted by Gasteiger charge is 2.28. The van der Waals surface area contributed by atoms with Crippen molar-refractivity contribution in [3.05, 3.63) is 0 Å². The van der Waals surface area contributed by atoms with E-state index in [4.69, 9.17) is 5.11 Å². The number of carboxylic acids is 1. The molecule has 1 N–H and O–H groups in total. The van der Waals surface area contributed by atoms with E-state index in [1.54, 1.807) is 0 Å². The molecule has 0 aliphatic heterocycles. The Kier molecular flexibility index (Phi) is 6.20. The summed E-state index contributed by atoms with van der Waals surface area (Å²) in [4.78, 5) is 20.7. The molecule has 1 saturated carbocycles. The van der Waals surface area contributed by atoms with Gasteiger partial charge in [-0.3, -0.25) is 4.79 Å². The number of hydrogen-bond donors (Lipinski definition) is 1. The van der Waals surface area contributed by atoms with Gasteiger partial charge in [0.2, 0.25) is 0 Å². The van der Waals surface area contributed by atoms with Crippen molar-refractivity contribution in [2.24, 2.45) is 11.8 Å². The Morgan fingerprint density at radius 2 is 2.08 bits per heavy atom. The molecule has 1 unspecified atom stereocenters. The molecule has 76 valence electrons. The van der Waals surface area contributed by atoms with Crippen molar-refractivity contribution in [3.63, 3.8) is 0 Å². The van der Waals surface area contributed by atoms with E-state index in [2.05, 4.69) is 0 Å². The van der Waals surface area contributed by atoms with E-state index < -0.39 is 5.97 Å². The van der Waals surface area contributed by atoms with Gasteiger partial charge < -0.3 is 9.90 Å². The van der Waals surface area contributed by atoms with Crippen LogP contribution in [0, 0.1) is 11.8 Å². The lowest BCUT2D eigenvalue weighted by Crippen LogP contribution is -2.13. The van der Waals surface area contributed by atoms with Crippen LogP contribution in [-0.4, -0.2) is 17.4 Å². The van der Waals surface area contributed by atoms with Crippen molar-refractivity contribution in [1.82, 2.24) is 0 Å². The summed E-state index contributed by atoms with van der Waals surface area (Å²) < 4.78 is 0. The fourth-order valence-corrected chi connectivity index (χ4v) is 1.72. The molecule has 0 aromatic rings. The van der Waals surface area contributed by atoms with Gasteiger partial charge in [0.05, 0.1) is 0 Å². The number of rotatable bonds is 3. The predicted octanol–water partition coefficient (Wildman–Crippen LogP) is 2.10. The lowest BCUT2D eigenvalue weighted by Gasteiger charge is -2.09. The van der Waals surface area contributed by atoms with Gasteiger partial charge in [0.25, 0.3) is 0 Å². The molecule has 1 aliphatic carbocycles. The summed E-state index contributed by atoms with van der Waals surface area (Å²) in [5.74, 6) is -0.681. The van der Waals surface area contributed by atoms with Crippen molar-refractivity contribution in [2.45, 2.75) is 39.5 Å². The van der Waals surface area contributed by atoms with Crippen LogP contribution in [0.5, 0.6) is 0 Å². The third-order valence-corrected chi connectivity index (χ3v) is 2.33. The van der Waals surface area contributed by atoms with Crippen molar-refractivity contribution >= 4 is 12.3 Å². The average molecular weight is 186 g/mol. The molecule has 1 rings (SSSR count). The van der Waals surface area contributed by atoms with Crippen LogP contribution in [0.4, 0.5) is 0 Å². The normalized spacial score (nSPS) is 26.0. The summed E-state index contributed by atoms with van der Waals surface area (Å²) >= 11 is 0. The van der Waals surface area contributed by atoms with Gasteiger partial charge in [0, 0.05) is 12.3 Å². The number of aldehydes is 1. The Hall–Kier alpha value is -0.860. The first kappa shape index (κ1) is 12.1. The zero-order valence-corrected chi connectivity index (χ0v) is 8.32. The van der Waals surface area contributed by atoms with Crippen molar-refractivity contribution in [1.29, 1.82) is 0 Å². The van der Waals surface area contributed by atoms with Gasteiger partial charge in [-0.2, -0.15) is 0 Å². The van der Waals surface area contributed by atoms with Gasteiger partial charge in [0.1, 0.15) is 6.29 Å². The molecule has 1 aliphatic rings. The molecule has 3 nitrogen and oxygen atoms in total. The Labute approximate surface area is 79.1 Å². The SMILES string of the molecule is CC.O=CC1CCC[C@@H]1CC(=O)O. The monoisotopic (exact) mass is 186 g/mol. The third-order valence-electron chi connectivity index (χ3n) is 2.33. The van der Waals surface area contributed by atoms with E-state index >= 15 is 0 Å². The summed E-state index contributed by atoms with van der Waals surface area (Å²) in [6.07, 6.45) is 3.84. The predicted molar refractivity (Wildman–Crippen MR) is 50.5 cm³/mol. The lowest BCUT2D eigenvalue weighted by molar-refractivity contribution is -0.138. The van der Waals surface area contributed by atoms with Crippen LogP contribution in [0.15, 0.2) is 0 Å². The fourth-order valence-electron chi connectivity index (χ4n) is 1.72. The molecule has 0 saturated heterocycles. The van der Waals surface area contributed by atoms with Crippen LogP contribution in [0.3, 0.4) is 0 Å². The van der Waals surface area contributed by atoms with Crippen LogP contribution in [0.2, 0.25) is 0 Å². The van der Waals surface area contributed by atoms with Gasteiger partial charge in [-0.05, 0) is 18.8 Å². The third kappa shape index (κ3) is 4.06. The first-order valence-corrected chi connectivity index (χ1v) is 4.91.